The van der Waals surface area contributed by atoms with Crippen LogP contribution in [-0.4, -0.2) is 49.0 Å². The van der Waals surface area contributed by atoms with Crippen molar-refractivity contribution in [1.29, 1.82) is 0 Å². The third-order valence-electron chi connectivity index (χ3n) is 4.41. The first-order chi connectivity index (χ1) is 12.1. The van der Waals surface area contributed by atoms with Gasteiger partial charge in [0.1, 0.15) is 5.75 Å². The molecule has 0 spiro atoms. The van der Waals surface area contributed by atoms with Crippen LogP contribution >= 0.6 is 23.2 Å². The SMILES string of the molecule is COc1ccc(CN2CCN(C(=O)c3cccc(Cl)c3Cl)CC2)cc1. The highest BCUT2D eigenvalue weighted by Gasteiger charge is 2.24. The van der Waals surface area contributed by atoms with Crippen LogP contribution in [0, 0.1) is 0 Å². The first kappa shape index (κ1) is 18.1. The van der Waals surface area contributed by atoms with E-state index >= 15 is 0 Å². The number of methoxy groups -OCH3 is 1. The van der Waals surface area contributed by atoms with Gasteiger partial charge >= 0.3 is 0 Å². The van der Waals surface area contributed by atoms with Crippen molar-refractivity contribution >= 4 is 29.1 Å². The summed E-state index contributed by atoms with van der Waals surface area (Å²) in [5.74, 6) is 0.800. The van der Waals surface area contributed by atoms with Gasteiger partial charge in [-0.3, -0.25) is 9.69 Å². The van der Waals surface area contributed by atoms with Crippen LogP contribution < -0.4 is 4.74 Å². The normalized spacial score (nSPS) is 15.2. The fourth-order valence-corrected chi connectivity index (χ4v) is 3.32. The Hall–Kier alpha value is -1.75. The maximum absolute atomic E-state index is 12.7. The Bertz CT molecular complexity index is 742. The van der Waals surface area contributed by atoms with Gasteiger partial charge in [-0.2, -0.15) is 0 Å². The van der Waals surface area contributed by atoms with Gasteiger partial charge in [0, 0.05) is 32.7 Å². The van der Waals surface area contributed by atoms with Crippen LogP contribution in [0.25, 0.3) is 0 Å². The first-order valence-corrected chi connectivity index (χ1v) is 8.92. The van der Waals surface area contributed by atoms with Gasteiger partial charge in [-0.1, -0.05) is 41.4 Å². The highest BCUT2D eigenvalue weighted by molar-refractivity contribution is 6.43. The molecule has 25 heavy (non-hydrogen) atoms. The molecular formula is C19H20Cl2N2O2. The van der Waals surface area contributed by atoms with Crippen molar-refractivity contribution in [3.05, 3.63) is 63.6 Å². The lowest BCUT2D eigenvalue weighted by Crippen LogP contribution is -2.48. The number of carbonyl (C=O) groups is 1. The van der Waals surface area contributed by atoms with E-state index < -0.39 is 0 Å². The molecular weight excluding hydrogens is 359 g/mol. The molecule has 4 nitrogen and oxygen atoms in total. The molecule has 132 valence electrons. The van der Waals surface area contributed by atoms with E-state index in [2.05, 4.69) is 17.0 Å². The van der Waals surface area contributed by atoms with Gasteiger partial charge in [-0.05, 0) is 29.8 Å². The van der Waals surface area contributed by atoms with Gasteiger partial charge in [0.25, 0.3) is 5.91 Å². The molecule has 0 unspecified atom stereocenters. The molecule has 1 amide bonds. The van der Waals surface area contributed by atoms with Crippen LogP contribution in [0.1, 0.15) is 15.9 Å². The number of benzene rings is 2. The van der Waals surface area contributed by atoms with E-state index in [9.17, 15) is 4.79 Å². The third-order valence-corrected chi connectivity index (χ3v) is 5.23. The third kappa shape index (κ3) is 4.27. The largest absolute Gasteiger partial charge is 0.497 e. The zero-order chi connectivity index (χ0) is 17.8. The topological polar surface area (TPSA) is 32.8 Å². The molecule has 0 aliphatic carbocycles. The fraction of sp³-hybridized carbons (Fsp3) is 0.316. The lowest BCUT2D eigenvalue weighted by Gasteiger charge is -2.35. The lowest BCUT2D eigenvalue weighted by atomic mass is 10.1. The molecule has 3 rings (SSSR count). The Morgan fingerprint density at radius 3 is 2.36 bits per heavy atom. The van der Waals surface area contributed by atoms with Crippen molar-refractivity contribution in [2.75, 3.05) is 33.3 Å². The quantitative estimate of drug-likeness (QED) is 0.806. The van der Waals surface area contributed by atoms with Crippen molar-refractivity contribution in [2.45, 2.75) is 6.54 Å². The molecule has 1 aliphatic rings. The smallest absolute Gasteiger partial charge is 0.255 e. The molecule has 0 bridgehead atoms. The van der Waals surface area contributed by atoms with E-state index in [4.69, 9.17) is 27.9 Å². The summed E-state index contributed by atoms with van der Waals surface area (Å²) in [6.07, 6.45) is 0. The molecule has 1 heterocycles. The predicted molar refractivity (Wildman–Crippen MR) is 101 cm³/mol. The number of halogens is 2. The number of piperazine rings is 1. The zero-order valence-electron chi connectivity index (χ0n) is 14.0. The minimum absolute atomic E-state index is 0.0587. The number of amides is 1. The fourth-order valence-electron chi connectivity index (χ4n) is 2.94. The van der Waals surface area contributed by atoms with E-state index in [0.717, 1.165) is 25.4 Å². The maximum Gasteiger partial charge on any atom is 0.255 e. The highest BCUT2D eigenvalue weighted by atomic mass is 35.5. The molecule has 2 aromatic rings. The second kappa shape index (κ2) is 8.09. The van der Waals surface area contributed by atoms with Crippen molar-refractivity contribution in [1.82, 2.24) is 9.80 Å². The minimum atomic E-state index is -0.0587. The van der Waals surface area contributed by atoms with Gasteiger partial charge in [0.2, 0.25) is 0 Å². The molecule has 0 saturated carbocycles. The monoisotopic (exact) mass is 378 g/mol. The lowest BCUT2D eigenvalue weighted by molar-refractivity contribution is 0.0628. The molecule has 0 radical (unpaired) electrons. The van der Waals surface area contributed by atoms with E-state index in [1.54, 1.807) is 25.3 Å². The summed E-state index contributed by atoms with van der Waals surface area (Å²) >= 11 is 12.2. The summed E-state index contributed by atoms with van der Waals surface area (Å²) in [7, 11) is 1.66. The van der Waals surface area contributed by atoms with Crippen molar-refractivity contribution in [3.8, 4) is 5.75 Å². The Morgan fingerprint density at radius 1 is 1.04 bits per heavy atom. The molecule has 0 aromatic heterocycles. The van der Waals surface area contributed by atoms with Crippen LogP contribution in [0.3, 0.4) is 0 Å². The van der Waals surface area contributed by atoms with E-state index in [-0.39, 0.29) is 5.91 Å². The number of carbonyl (C=O) groups excluding carboxylic acids is 1. The number of ether oxygens (including phenoxy) is 1. The van der Waals surface area contributed by atoms with Crippen molar-refractivity contribution < 1.29 is 9.53 Å². The van der Waals surface area contributed by atoms with Crippen molar-refractivity contribution in [2.24, 2.45) is 0 Å². The Morgan fingerprint density at radius 2 is 1.72 bits per heavy atom. The molecule has 1 aliphatic heterocycles. The second-order valence-corrected chi connectivity index (χ2v) is 6.80. The Kier molecular flexibility index (Phi) is 5.84. The summed E-state index contributed by atoms with van der Waals surface area (Å²) in [4.78, 5) is 16.8. The van der Waals surface area contributed by atoms with Gasteiger partial charge in [0.05, 0.1) is 22.7 Å². The standard InChI is InChI=1S/C19H20Cl2N2O2/c1-25-15-7-5-14(6-8-15)13-22-9-11-23(12-10-22)19(24)16-3-2-4-17(20)18(16)21/h2-8H,9-13H2,1H3. The number of nitrogens with zero attached hydrogens (tertiary/aromatic N) is 2. The van der Waals surface area contributed by atoms with Gasteiger partial charge < -0.3 is 9.64 Å². The van der Waals surface area contributed by atoms with Crippen LogP contribution in [-0.2, 0) is 6.54 Å². The van der Waals surface area contributed by atoms with Crippen LogP contribution in [0.2, 0.25) is 10.0 Å². The number of rotatable bonds is 4. The minimum Gasteiger partial charge on any atom is -0.497 e. The summed E-state index contributed by atoms with van der Waals surface area (Å²) < 4.78 is 5.18. The molecule has 1 fully saturated rings. The number of hydrogen-bond acceptors (Lipinski definition) is 3. The van der Waals surface area contributed by atoms with Crippen LogP contribution in [0.5, 0.6) is 5.75 Å². The number of hydrogen-bond donors (Lipinski definition) is 0. The summed E-state index contributed by atoms with van der Waals surface area (Å²) in [6.45, 7) is 3.88. The van der Waals surface area contributed by atoms with Crippen LogP contribution in [0.15, 0.2) is 42.5 Å². The molecule has 2 aromatic carbocycles. The predicted octanol–water partition coefficient (Wildman–Crippen LogP) is 3.96. The van der Waals surface area contributed by atoms with Gasteiger partial charge in [-0.15, -0.1) is 0 Å². The summed E-state index contributed by atoms with van der Waals surface area (Å²) in [5.41, 5.74) is 1.70. The average Bonchev–Trinajstić information content (AvgIpc) is 2.65. The molecule has 0 N–H and O–H groups in total. The van der Waals surface area contributed by atoms with E-state index in [0.29, 0.717) is 28.7 Å². The Balaban J connectivity index is 1.57. The molecule has 6 heteroatoms. The Labute approximate surface area is 157 Å². The van der Waals surface area contributed by atoms with Gasteiger partial charge in [0.15, 0.2) is 0 Å². The highest BCUT2D eigenvalue weighted by Crippen LogP contribution is 2.27. The van der Waals surface area contributed by atoms with Gasteiger partial charge in [-0.25, -0.2) is 0 Å². The molecule has 1 saturated heterocycles. The van der Waals surface area contributed by atoms with E-state index in [1.807, 2.05) is 17.0 Å². The zero-order valence-corrected chi connectivity index (χ0v) is 15.6. The average molecular weight is 379 g/mol. The summed E-state index contributed by atoms with van der Waals surface area (Å²) in [6, 6.07) is 13.2. The maximum atomic E-state index is 12.7. The molecule has 0 atom stereocenters. The van der Waals surface area contributed by atoms with Crippen molar-refractivity contribution in [3.63, 3.8) is 0 Å². The first-order valence-electron chi connectivity index (χ1n) is 8.17. The second-order valence-electron chi connectivity index (χ2n) is 6.02. The van der Waals surface area contributed by atoms with E-state index in [1.165, 1.54) is 5.56 Å². The van der Waals surface area contributed by atoms with Crippen LogP contribution in [0.4, 0.5) is 0 Å². The summed E-state index contributed by atoms with van der Waals surface area (Å²) in [5, 5.41) is 0.737.